The number of thiazole rings is 1. The molecule has 7 aromatic carbocycles. The summed E-state index contributed by atoms with van der Waals surface area (Å²) in [6.45, 7) is 0.471. The van der Waals surface area contributed by atoms with E-state index in [4.69, 9.17) is 14.6 Å². The third kappa shape index (κ3) is 7.97. The Morgan fingerprint density at radius 1 is 0.597 bits per heavy atom. The van der Waals surface area contributed by atoms with Crippen molar-refractivity contribution in [3.05, 3.63) is 245 Å². The number of nitrogens with one attached hydrogen (secondary N) is 3. The third-order valence-corrected chi connectivity index (χ3v) is 11.5. The molecule has 0 unspecified atom stereocenters. The molecule has 0 aliphatic rings. The molecule has 2 heterocycles. The van der Waals surface area contributed by atoms with Crippen LogP contribution in [0.2, 0.25) is 0 Å². The summed E-state index contributed by atoms with van der Waals surface area (Å²) in [5.74, 6) is -0.545. The molecule has 3 N–H and O–H groups in total. The number of esters is 1. The Balaban J connectivity index is 1.05. The van der Waals surface area contributed by atoms with Crippen molar-refractivity contribution in [1.29, 1.82) is 0 Å². The molecular weight excluding hydrogens is 791 g/mol. The lowest BCUT2D eigenvalue weighted by molar-refractivity contribution is -0.127. The molecule has 0 aliphatic carbocycles. The zero-order valence-corrected chi connectivity index (χ0v) is 34.3. The standard InChI is InChI=1S/C51H41N7O3S/c59-48(61-45-33-19-32-43-46(45)56-58-55-43)47(57-60-35-34-52-50(37-20-7-1-8-21-37,38-22-9-2-10-23-38)39-24-11-3-12-25-39)44-36-62-49(53-44)54-51(40-26-13-4-14-27-40,41-28-15-5-16-29-41)42-30-17-6-18-31-42/h1-33,36,52H,34-35H2,(H,53,54)(H,55,56,58). The second-order valence-corrected chi connectivity index (χ2v) is 15.3. The van der Waals surface area contributed by atoms with Gasteiger partial charge in [0.1, 0.15) is 17.8 Å². The van der Waals surface area contributed by atoms with Gasteiger partial charge in [0.15, 0.2) is 16.4 Å². The minimum atomic E-state index is -0.843. The Labute approximate surface area is 362 Å². The average molecular weight is 832 g/mol. The fourth-order valence-corrected chi connectivity index (χ4v) is 8.66. The van der Waals surface area contributed by atoms with Crippen LogP contribution in [0.3, 0.4) is 0 Å². The van der Waals surface area contributed by atoms with E-state index >= 15 is 0 Å². The van der Waals surface area contributed by atoms with Gasteiger partial charge in [-0.15, -0.1) is 16.4 Å². The van der Waals surface area contributed by atoms with Crippen molar-refractivity contribution in [2.75, 3.05) is 18.5 Å². The van der Waals surface area contributed by atoms with E-state index < -0.39 is 17.0 Å². The Morgan fingerprint density at radius 3 is 1.55 bits per heavy atom. The van der Waals surface area contributed by atoms with Crippen molar-refractivity contribution < 1.29 is 14.4 Å². The molecule has 9 rings (SSSR count). The van der Waals surface area contributed by atoms with Crippen LogP contribution >= 0.6 is 11.3 Å². The van der Waals surface area contributed by atoms with Crippen molar-refractivity contribution in [3.63, 3.8) is 0 Å². The predicted octanol–water partition coefficient (Wildman–Crippen LogP) is 9.73. The first-order chi connectivity index (χ1) is 30.6. The average Bonchev–Trinajstić information content (AvgIpc) is 4.03. The van der Waals surface area contributed by atoms with Gasteiger partial charge in [0, 0.05) is 11.9 Å². The molecule has 0 radical (unpaired) electrons. The number of rotatable bonds is 16. The van der Waals surface area contributed by atoms with Gasteiger partial charge in [-0.1, -0.05) is 198 Å². The normalized spacial score (nSPS) is 11.9. The minimum Gasteiger partial charge on any atom is -0.419 e. The lowest BCUT2D eigenvalue weighted by atomic mass is 9.77. The van der Waals surface area contributed by atoms with Crippen molar-refractivity contribution >= 4 is 39.2 Å². The third-order valence-electron chi connectivity index (χ3n) is 10.7. The van der Waals surface area contributed by atoms with Crippen LogP contribution in [0.15, 0.2) is 211 Å². The number of hydrogen-bond donors (Lipinski definition) is 3. The predicted molar refractivity (Wildman–Crippen MR) is 244 cm³/mol. The summed E-state index contributed by atoms with van der Waals surface area (Å²) in [6, 6.07) is 66.9. The van der Waals surface area contributed by atoms with E-state index in [0.717, 1.165) is 33.4 Å². The van der Waals surface area contributed by atoms with Crippen molar-refractivity contribution in [1.82, 2.24) is 25.7 Å². The number of oxime groups is 1. The Hall–Kier alpha value is -7.73. The van der Waals surface area contributed by atoms with E-state index in [1.54, 1.807) is 23.6 Å². The molecule has 0 fully saturated rings. The highest BCUT2D eigenvalue weighted by Crippen LogP contribution is 2.41. The molecule has 11 heteroatoms. The van der Waals surface area contributed by atoms with E-state index in [0.29, 0.717) is 22.7 Å². The number of carbonyl (C=O) groups is 1. The van der Waals surface area contributed by atoms with Gasteiger partial charge in [-0.2, -0.15) is 0 Å². The lowest BCUT2D eigenvalue weighted by Gasteiger charge is -2.37. The van der Waals surface area contributed by atoms with Crippen LogP contribution in [0, 0.1) is 0 Å². The zero-order valence-electron chi connectivity index (χ0n) is 33.5. The molecule has 0 spiro atoms. The van der Waals surface area contributed by atoms with Crippen LogP contribution in [-0.2, 0) is 20.7 Å². The summed E-state index contributed by atoms with van der Waals surface area (Å²) in [7, 11) is 0. The van der Waals surface area contributed by atoms with Crippen molar-refractivity contribution in [3.8, 4) is 5.75 Å². The van der Waals surface area contributed by atoms with Crippen LogP contribution in [0.1, 0.15) is 39.1 Å². The maximum Gasteiger partial charge on any atom is 0.368 e. The first-order valence-corrected chi connectivity index (χ1v) is 21.1. The number of hydrogen-bond acceptors (Lipinski definition) is 10. The van der Waals surface area contributed by atoms with Gasteiger partial charge in [-0.25, -0.2) is 9.78 Å². The number of carbonyl (C=O) groups excluding carboxylic acids is 1. The summed E-state index contributed by atoms with van der Waals surface area (Å²) in [4.78, 5) is 25.3. The van der Waals surface area contributed by atoms with E-state index in [9.17, 15) is 4.79 Å². The van der Waals surface area contributed by atoms with Gasteiger partial charge < -0.3 is 14.9 Å². The summed E-state index contributed by atoms with van der Waals surface area (Å²) in [5, 5.41) is 25.2. The number of ether oxygens (including phenoxy) is 1. The number of fused-ring (bicyclic) bond motifs is 1. The van der Waals surface area contributed by atoms with Crippen LogP contribution in [0.25, 0.3) is 11.0 Å². The summed E-state index contributed by atoms with van der Waals surface area (Å²) >= 11 is 1.35. The molecule has 2 aromatic heterocycles. The largest absolute Gasteiger partial charge is 0.419 e. The number of aromatic amines is 1. The second-order valence-electron chi connectivity index (χ2n) is 14.4. The van der Waals surface area contributed by atoms with Crippen molar-refractivity contribution in [2.45, 2.75) is 11.1 Å². The highest BCUT2D eigenvalue weighted by Gasteiger charge is 2.38. The second kappa shape index (κ2) is 18.3. The fourth-order valence-electron chi connectivity index (χ4n) is 7.91. The Morgan fingerprint density at radius 2 is 1.06 bits per heavy atom. The maximum atomic E-state index is 14.3. The Kier molecular flexibility index (Phi) is 11.7. The maximum absolute atomic E-state index is 14.3. The van der Waals surface area contributed by atoms with Gasteiger partial charge in [-0.3, -0.25) is 10.4 Å². The lowest BCUT2D eigenvalue weighted by Crippen LogP contribution is -2.46. The zero-order chi connectivity index (χ0) is 42.0. The highest BCUT2D eigenvalue weighted by molar-refractivity contribution is 7.14. The van der Waals surface area contributed by atoms with Gasteiger partial charge in [0.25, 0.3) is 0 Å². The Bertz CT molecular complexity index is 2680. The first kappa shape index (κ1) is 39.7. The van der Waals surface area contributed by atoms with Gasteiger partial charge in [0.2, 0.25) is 5.71 Å². The van der Waals surface area contributed by atoms with Crippen molar-refractivity contribution in [2.24, 2.45) is 5.16 Å². The topological polar surface area (TPSA) is 126 Å². The highest BCUT2D eigenvalue weighted by atomic mass is 32.1. The minimum absolute atomic E-state index is 0.109. The monoisotopic (exact) mass is 831 g/mol. The van der Waals surface area contributed by atoms with Crippen LogP contribution < -0.4 is 15.4 Å². The van der Waals surface area contributed by atoms with E-state index in [1.807, 2.05) is 109 Å². The number of benzene rings is 7. The quantitative estimate of drug-likeness (QED) is 0.0220. The molecule has 0 saturated carbocycles. The van der Waals surface area contributed by atoms with Crippen LogP contribution in [0.5, 0.6) is 5.75 Å². The summed E-state index contributed by atoms with van der Waals surface area (Å²) in [6.07, 6.45) is 0. The molecule has 0 aliphatic heterocycles. The SMILES string of the molecule is O=C(Oc1cccc2[nH]nnc12)C(=NOCCNC(c1ccccc1)(c1ccccc1)c1ccccc1)c1csc(NC(c2ccccc2)(c2ccccc2)c2ccccc2)n1. The molecular formula is C51H41N7O3S. The fraction of sp³-hybridized carbons (Fsp3) is 0.0784. The molecule has 304 valence electrons. The van der Waals surface area contributed by atoms with Gasteiger partial charge >= 0.3 is 5.97 Å². The molecule has 0 atom stereocenters. The van der Waals surface area contributed by atoms with Gasteiger partial charge in [0.05, 0.1) is 11.1 Å². The van der Waals surface area contributed by atoms with Gasteiger partial charge in [-0.05, 0) is 45.5 Å². The van der Waals surface area contributed by atoms with Crippen LogP contribution in [-0.4, -0.2) is 45.2 Å². The molecule has 0 amide bonds. The van der Waals surface area contributed by atoms with Crippen LogP contribution in [0.4, 0.5) is 5.13 Å². The number of anilines is 1. The number of nitrogens with zero attached hydrogens (tertiary/aromatic N) is 4. The molecule has 0 saturated heterocycles. The molecule has 62 heavy (non-hydrogen) atoms. The molecule has 10 nitrogen and oxygen atoms in total. The smallest absolute Gasteiger partial charge is 0.368 e. The number of H-pyrrole nitrogens is 1. The summed E-state index contributed by atoms with van der Waals surface area (Å²) < 4.78 is 5.96. The molecule has 9 aromatic rings. The van der Waals surface area contributed by atoms with E-state index in [-0.39, 0.29) is 23.8 Å². The van der Waals surface area contributed by atoms with E-state index in [1.165, 1.54) is 11.3 Å². The number of aromatic nitrogens is 4. The molecule has 0 bridgehead atoms. The summed E-state index contributed by atoms with van der Waals surface area (Å²) in [5.41, 5.74) is 5.85. The first-order valence-electron chi connectivity index (χ1n) is 20.2. The van der Waals surface area contributed by atoms with E-state index in [2.05, 4.69) is 104 Å².